The van der Waals surface area contributed by atoms with Gasteiger partial charge in [0.1, 0.15) is 0 Å². The molecule has 1 rings (SSSR count). The van der Waals surface area contributed by atoms with Crippen LogP contribution >= 0.6 is 0 Å². The summed E-state index contributed by atoms with van der Waals surface area (Å²) in [7, 11) is 0. The second kappa shape index (κ2) is 6.92. The van der Waals surface area contributed by atoms with Crippen LogP contribution in [0.1, 0.15) is 37.3 Å². The Balaban J connectivity index is 2.60. The van der Waals surface area contributed by atoms with Crippen molar-refractivity contribution in [1.82, 2.24) is 5.43 Å². The second-order valence-corrected chi connectivity index (χ2v) is 4.02. The maximum absolute atomic E-state index is 12.4. The molecule has 0 saturated heterocycles. The molecular formula is C13H15F3N2O. The summed E-state index contributed by atoms with van der Waals surface area (Å²) < 4.78 is 37.3. The largest absolute Gasteiger partial charge is 0.416 e. The summed E-state index contributed by atoms with van der Waals surface area (Å²) in [5, 5.41) is 3.63. The zero-order chi connectivity index (χ0) is 14.3. The van der Waals surface area contributed by atoms with E-state index in [1.807, 2.05) is 6.92 Å². The molecule has 1 aromatic carbocycles. The third kappa shape index (κ3) is 5.54. The van der Waals surface area contributed by atoms with E-state index in [1.165, 1.54) is 18.3 Å². The highest BCUT2D eigenvalue weighted by Crippen LogP contribution is 2.29. The first-order chi connectivity index (χ1) is 8.93. The first-order valence-corrected chi connectivity index (χ1v) is 5.92. The van der Waals surface area contributed by atoms with E-state index < -0.39 is 11.7 Å². The summed E-state index contributed by atoms with van der Waals surface area (Å²) in [5.41, 5.74) is 1.81. The van der Waals surface area contributed by atoms with Crippen LogP contribution in [0.5, 0.6) is 0 Å². The molecule has 0 saturated carbocycles. The van der Waals surface area contributed by atoms with Crippen molar-refractivity contribution in [1.29, 1.82) is 0 Å². The van der Waals surface area contributed by atoms with Crippen molar-refractivity contribution in [2.45, 2.75) is 32.4 Å². The molecule has 0 spiro atoms. The molecule has 19 heavy (non-hydrogen) atoms. The number of hydrogen-bond acceptors (Lipinski definition) is 2. The fourth-order valence-corrected chi connectivity index (χ4v) is 1.37. The zero-order valence-electron chi connectivity index (χ0n) is 10.5. The number of carbonyl (C=O) groups is 1. The highest BCUT2D eigenvalue weighted by Gasteiger charge is 2.30. The number of rotatable bonds is 5. The minimum atomic E-state index is -4.38. The van der Waals surface area contributed by atoms with Crippen LogP contribution in [-0.2, 0) is 11.0 Å². The smallest absolute Gasteiger partial charge is 0.273 e. The average molecular weight is 272 g/mol. The van der Waals surface area contributed by atoms with Crippen LogP contribution in [0.2, 0.25) is 0 Å². The monoisotopic (exact) mass is 272 g/mol. The molecule has 1 amide bonds. The normalized spacial score (nSPS) is 11.8. The van der Waals surface area contributed by atoms with E-state index in [4.69, 9.17) is 0 Å². The third-order valence-electron chi connectivity index (χ3n) is 2.37. The van der Waals surface area contributed by atoms with Crippen LogP contribution in [0.3, 0.4) is 0 Å². The molecule has 104 valence electrons. The Morgan fingerprint density at radius 1 is 1.42 bits per heavy atom. The maximum atomic E-state index is 12.4. The average Bonchev–Trinajstić information content (AvgIpc) is 2.36. The number of nitrogens with zero attached hydrogens (tertiary/aromatic N) is 1. The summed E-state index contributed by atoms with van der Waals surface area (Å²) in [6.45, 7) is 1.96. The molecule has 1 N–H and O–H groups in total. The Bertz CT molecular complexity index is 455. The van der Waals surface area contributed by atoms with Gasteiger partial charge < -0.3 is 0 Å². The Kier molecular flexibility index (Phi) is 5.54. The SMILES string of the molecule is CCCCC(=O)N/N=C/c1cccc(C(F)(F)F)c1. The molecule has 0 radical (unpaired) electrons. The summed E-state index contributed by atoms with van der Waals surface area (Å²) >= 11 is 0. The topological polar surface area (TPSA) is 41.5 Å². The van der Waals surface area contributed by atoms with Crippen LogP contribution in [-0.4, -0.2) is 12.1 Å². The Morgan fingerprint density at radius 3 is 2.79 bits per heavy atom. The van der Waals surface area contributed by atoms with E-state index in [2.05, 4.69) is 10.5 Å². The molecule has 0 heterocycles. The molecule has 0 atom stereocenters. The molecule has 1 aromatic rings. The Hall–Kier alpha value is -1.85. The number of unbranched alkanes of at least 4 members (excludes halogenated alkanes) is 1. The van der Waals surface area contributed by atoms with Gasteiger partial charge in [0, 0.05) is 6.42 Å². The zero-order valence-corrected chi connectivity index (χ0v) is 10.5. The fourth-order valence-electron chi connectivity index (χ4n) is 1.37. The van der Waals surface area contributed by atoms with E-state index in [9.17, 15) is 18.0 Å². The van der Waals surface area contributed by atoms with Gasteiger partial charge in [-0.15, -0.1) is 0 Å². The van der Waals surface area contributed by atoms with Gasteiger partial charge in [0.05, 0.1) is 11.8 Å². The fraction of sp³-hybridized carbons (Fsp3) is 0.385. The van der Waals surface area contributed by atoms with Crippen molar-refractivity contribution in [3.63, 3.8) is 0 Å². The molecule has 0 aliphatic rings. The minimum Gasteiger partial charge on any atom is -0.273 e. The van der Waals surface area contributed by atoms with E-state index >= 15 is 0 Å². The van der Waals surface area contributed by atoms with Gasteiger partial charge in [0.15, 0.2) is 0 Å². The number of nitrogens with one attached hydrogen (secondary N) is 1. The molecule has 0 aromatic heterocycles. The van der Waals surface area contributed by atoms with Gasteiger partial charge in [-0.2, -0.15) is 18.3 Å². The minimum absolute atomic E-state index is 0.245. The number of hydrogen-bond donors (Lipinski definition) is 1. The van der Waals surface area contributed by atoms with Gasteiger partial charge >= 0.3 is 6.18 Å². The van der Waals surface area contributed by atoms with E-state index in [0.717, 1.165) is 25.0 Å². The van der Waals surface area contributed by atoms with Gasteiger partial charge in [-0.3, -0.25) is 4.79 Å². The molecule has 6 heteroatoms. The summed E-state index contributed by atoms with van der Waals surface area (Å²) in [6.07, 6.45) is -1.18. The van der Waals surface area contributed by atoms with Crippen molar-refractivity contribution in [2.75, 3.05) is 0 Å². The molecule has 0 fully saturated rings. The van der Waals surface area contributed by atoms with E-state index in [-0.39, 0.29) is 11.5 Å². The number of benzene rings is 1. The van der Waals surface area contributed by atoms with Gasteiger partial charge in [0.25, 0.3) is 0 Å². The number of amides is 1. The first-order valence-electron chi connectivity index (χ1n) is 5.92. The molecular weight excluding hydrogens is 257 g/mol. The second-order valence-electron chi connectivity index (χ2n) is 4.02. The lowest BCUT2D eigenvalue weighted by Crippen LogP contribution is -2.16. The van der Waals surface area contributed by atoms with Crippen molar-refractivity contribution in [2.24, 2.45) is 5.10 Å². The number of hydrazone groups is 1. The lowest BCUT2D eigenvalue weighted by atomic mass is 10.1. The standard InChI is InChI=1S/C13H15F3N2O/c1-2-3-7-12(19)18-17-9-10-5-4-6-11(8-10)13(14,15)16/h4-6,8-9H,2-3,7H2,1H3,(H,18,19)/b17-9+. The van der Waals surface area contributed by atoms with Crippen LogP contribution < -0.4 is 5.43 Å². The summed E-state index contributed by atoms with van der Waals surface area (Å²) in [4.78, 5) is 11.2. The molecule has 0 aliphatic carbocycles. The van der Waals surface area contributed by atoms with Crippen LogP contribution in [0.4, 0.5) is 13.2 Å². The molecule has 0 aliphatic heterocycles. The number of carbonyl (C=O) groups excluding carboxylic acids is 1. The van der Waals surface area contributed by atoms with Gasteiger partial charge in [-0.05, 0) is 24.1 Å². The summed E-state index contributed by atoms with van der Waals surface area (Å²) in [6, 6.07) is 4.74. The Labute approximate surface area is 109 Å². The van der Waals surface area contributed by atoms with Crippen LogP contribution in [0.15, 0.2) is 29.4 Å². The quantitative estimate of drug-likeness (QED) is 0.648. The molecule has 0 unspecified atom stereocenters. The first kappa shape index (κ1) is 15.2. The lowest BCUT2D eigenvalue weighted by molar-refractivity contribution is -0.137. The van der Waals surface area contributed by atoms with Crippen molar-refractivity contribution in [3.8, 4) is 0 Å². The Morgan fingerprint density at radius 2 is 2.16 bits per heavy atom. The highest BCUT2D eigenvalue weighted by molar-refractivity contribution is 5.82. The third-order valence-corrected chi connectivity index (χ3v) is 2.37. The van der Waals surface area contributed by atoms with E-state index in [1.54, 1.807) is 0 Å². The van der Waals surface area contributed by atoms with Crippen molar-refractivity contribution in [3.05, 3.63) is 35.4 Å². The maximum Gasteiger partial charge on any atom is 0.416 e. The molecule has 3 nitrogen and oxygen atoms in total. The van der Waals surface area contributed by atoms with E-state index in [0.29, 0.717) is 6.42 Å². The molecule has 0 bridgehead atoms. The van der Waals surface area contributed by atoms with Crippen molar-refractivity contribution >= 4 is 12.1 Å². The summed E-state index contributed by atoms with van der Waals surface area (Å²) in [5.74, 6) is -0.245. The predicted molar refractivity (Wildman–Crippen MR) is 66.7 cm³/mol. The van der Waals surface area contributed by atoms with Crippen molar-refractivity contribution < 1.29 is 18.0 Å². The number of halogens is 3. The van der Waals surface area contributed by atoms with Gasteiger partial charge in [0.2, 0.25) is 5.91 Å². The van der Waals surface area contributed by atoms with Gasteiger partial charge in [-0.1, -0.05) is 25.5 Å². The highest BCUT2D eigenvalue weighted by atomic mass is 19.4. The number of alkyl halides is 3. The van der Waals surface area contributed by atoms with Gasteiger partial charge in [-0.25, -0.2) is 5.43 Å². The van der Waals surface area contributed by atoms with Crippen LogP contribution in [0, 0.1) is 0 Å². The van der Waals surface area contributed by atoms with Crippen LogP contribution in [0.25, 0.3) is 0 Å². The predicted octanol–water partition coefficient (Wildman–Crippen LogP) is 3.35. The lowest BCUT2D eigenvalue weighted by Gasteiger charge is -2.06.